The van der Waals surface area contributed by atoms with Gasteiger partial charge in [0, 0.05) is 6.54 Å². The number of carboxylic acids is 1. The third-order valence-electron chi connectivity index (χ3n) is 3.14. The summed E-state index contributed by atoms with van der Waals surface area (Å²) >= 11 is 0. The molecule has 0 bridgehead atoms. The third-order valence-corrected chi connectivity index (χ3v) is 3.14. The smallest absolute Gasteiger partial charge is 0.321 e. The molecule has 92 valence electrons. The SMILES string of the molecule is CN(Cc1ccc(F)cc1)C(C(=O)O)C1CC1. The zero-order valence-electron chi connectivity index (χ0n) is 9.77. The van der Waals surface area contributed by atoms with E-state index < -0.39 is 12.0 Å². The van der Waals surface area contributed by atoms with Crippen molar-refractivity contribution in [2.75, 3.05) is 7.05 Å². The molecule has 1 atom stereocenters. The summed E-state index contributed by atoms with van der Waals surface area (Å²) in [6.45, 7) is 0.535. The summed E-state index contributed by atoms with van der Waals surface area (Å²) in [5, 5.41) is 9.17. The fraction of sp³-hybridized carbons (Fsp3) is 0.462. The van der Waals surface area contributed by atoms with Crippen molar-refractivity contribution in [1.82, 2.24) is 4.90 Å². The highest BCUT2D eigenvalue weighted by molar-refractivity contribution is 5.74. The monoisotopic (exact) mass is 237 g/mol. The van der Waals surface area contributed by atoms with Crippen LogP contribution in [0.2, 0.25) is 0 Å². The predicted molar refractivity (Wildman–Crippen MR) is 62.0 cm³/mol. The minimum atomic E-state index is -0.767. The quantitative estimate of drug-likeness (QED) is 0.852. The minimum absolute atomic E-state index is 0.270. The van der Waals surface area contributed by atoms with Gasteiger partial charge in [-0.2, -0.15) is 0 Å². The Morgan fingerprint density at radius 2 is 2.06 bits per heavy atom. The van der Waals surface area contributed by atoms with Crippen LogP contribution in [0.5, 0.6) is 0 Å². The highest BCUT2D eigenvalue weighted by Gasteiger charge is 2.38. The maximum absolute atomic E-state index is 12.7. The van der Waals surface area contributed by atoms with Gasteiger partial charge in [-0.3, -0.25) is 9.69 Å². The molecule has 1 saturated carbocycles. The van der Waals surface area contributed by atoms with E-state index >= 15 is 0 Å². The highest BCUT2D eigenvalue weighted by atomic mass is 19.1. The van der Waals surface area contributed by atoms with Gasteiger partial charge in [0.2, 0.25) is 0 Å². The Morgan fingerprint density at radius 1 is 1.47 bits per heavy atom. The molecule has 2 rings (SSSR count). The molecule has 17 heavy (non-hydrogen) atoms. The van der Waals surface area contributed by atoms with E-state index in [9.17, 15) is 14.3 Å². The van der Waals surface area contributed by atoms with Crippen molar-refractivity contribution in [3.05, 3.63) is 35.6 Å². The topological polar surface area (TPSA) is 40.5 Å². The molecule has 1 aromatic carbocycles. The predicted octanol–water partition coefficient (Wildman–Crippen LogP) is 2.12. The molecule has 1 aliphatic carbocycles. The molecule has 0 amide bonds. The number of benzene rings is 1. The van der Waals surface area contributed by atoms with E-state index in [4.69, 9.17) is 0 Å². The van der Waals surface area contributed by atoms with Gasteiger partial charge in [-0.05, 0) is 43.5 Å². The van der Waals surface area contributed by atoms with Crippen molar-refractivity contribution in [3.63, 3.8) is 0 Å². The lowest BCUT2D eigenvalue weighted by molar-refractivity contribution is -0.143. The van der Waals surface area contributed by atoms with Gasteiger partial charge in [0.25, 0.3) is 0 Å². The number of rotatable bonds is 5. The van der Waals surface area contributed by atoms with Crippen LogP contribution in [0.15, 0.2) is 24.3 Å². The Hall–Kier alpha value is -1.42. The molecule has 3 nitrogen and oxygen atoms in total. The second kappa shape index (κ2) is 4.84. The van der Waals surface area contributed by atoms with Crippen LogP contribution in [-0.2, 0) is 11.3 Å². The molecule has 1 unspecified atom stereocenters. The lowest BCUT2D eigenvalue weighted by atomic mass is 10.1. The van der Waals surface area contributed by atoms with Crippen LogP contribution in [0.25, 0.3) is 0 Å². The normalized spacial score (nSPS) is 17.1. The Labute approximate surface area is 99.9 Å². The van der Waals surface area contributed by atoms with Crippen LogP contribution >= 0.6 is 0 Å². The summed E-state index contributed by atoms with van der Waals surface area (Å²) in [5.41, 5.74) is 0.931. The van der Waals surface area contributed by atoms with Gasteiger partial charge in [-0.25, -0.2) is 4.39 Å². The molecule has 1 aromatic rings. The molecular formula is C13H16FNO2. The molecule has 0 spiro atoms. The van der Waals surface area contributed by atoms with Gasteiger partial charge >= 0.3 is 5.97 Å². The standard InChI is InChI=1S/C13H16FNO2/c1-15(12(13(16)17)10-4-5-10)8-9-2-6-11(14)7-3-9/h2-3,6-7,10,12H,4-5,8H2,1H3,(H,16,17). The lowest BCUT2D eigenvalue weighted by Crippen LogP contribution is -2.39. The Bertz CT molecular complexity index is 400. The number of nitrogens with zero attached hydrogens (tertiary/aromatic N) is 1. The van der Waals surface area contributed by atoms with Crippen LogP contribution in [0.4, 0.5) is 4.39 Å². The van der Waals surface area contributed by atoms with Crippen molar-refractivity contribution in [2.24, 2.45) is 5.92 Å². The first-order chi connectivity index (χ1) is 8.08. The Balaban J connectivity index is 2.01. The van der Waals surface area contributed by atoms with Crippen molar-refractivity contribution in [2.45, 2.75) is 25.4 Å². The number of carbonyl (C=O) groups is 1. The van der Waals surface area contributed by atoms with Gasteiger partial charge < -0.3 is 5.11 Å². The third kappa shape index (κ3) is 3.03. The molecule has 1 N–H and O–H groups in total. The minimum Gasteiger partial charge on any atom is -0.480 e. The van der Waals surface area contributed by atoms with Gasteiger partial charge in [-0.1, -0.05) is 12.1 Å². The highest BCUT2D eigenvalue weighted by Crippen LogP contribution is 2.35. The number of likely N-dealkylation sites (N-methyl/N-ethyl adjacent to an activating group) is 1. The summed E-state index contributed by atoms with van der Waals surface area (Å²) in [4.78, 5) is 13.0. The molecule has 0 aliphatic heterocycles. The van der Waals surface area contributed by atoms with Crippen LogP contribution < -0.4 is 0 Å². The molecule has 0 radical (unpaired) electrons. The van der Waals surface area contributed by atoms with E-state index in [2.05, 4.69) is 0 Å². The summed E-state index contributed by atoms with van der Waals surface area (Å²) in [6.07, 6.45) is 1.98. The average molecular weight is 237 g/mol. The number of carboxylic acid groups (broad SMARTS) is 1. The van der Waals surface area contributed by atoms with Crippen LogP contribution in [0.3, 0.4) is 0 Å². The molecule has 0 heterocycles. The largest absolute Gasteiger partial charge is 0.480 e. The van der Waals surface area contributed by atoms with Gasteiger partial charge in [0.15, 0.2) is 0 Å². The van der Waals surface area contributed by atoms with Crippen molar-refractivity contribution in [1.29, 1.82) is 0 Å². The number of aliphatic carboxylic acids is 1. The van der Waals surface area contributed by atoms with Gasteiger partial charge in [0.1, 0.15) is 11.9 Å². The zero-order chi connectivity index (χ0) is 12.4. The second-order valence-corrected chi connectivity index (χ2v) is 4.66. The van der Waals surface area contributed by atoms with E-state index in [-0.39, 0.29) is 11.7 Å². The zero-order valence-corrected chi connectivity index (χ0v) is 9.77. The summed E-state index contributed by atoms with van der Waals surface area (Å²) < 4.78 is 12.7. The van der Waals surface area contributed by atoms with E-state index in [0.29, 0.717) is 6.54 Å². The Morgan fingerprint density at radius 3 is 2.53 bits per heavy atom. The summed E-state index contributed by atoms with van der Waals surface area (Å²) in [6, 6.07) is 5.77. The fourth-order valence-electron chi connectivity index (χ4n) is 2.14. The molecule has 4 heteroatoms. The molecule has 1 fully saturated rings. The molecular weight excluding hydrogens is 221 g/mol. The van der Waals surface area contributed by atoms with Crippen LogP contribution in [-0.4, -0.2) is 29.1 Å². The maximum Gasteiger partial charge on any atom is 0.321 e. The van der Waals surface area contributed by atoms with E-state index in [1.807, 2.05) is 4.90 Å². The van der Waals surface area contributed by atoms with E-state index in [0.717, 1.165) is 18.4 Å². The first kappa shape index (κ1) is 12.0. The van der Waals surface area contributed by atoms with E-state index in [1.54, 1.807) is 19.2 Å². The van der Waals surface area contributed by atoms with Crippen molar-refractivity contribution < 1.29 is 14.3 Å². The summed E-state index contributed by atoms with van der Waals surface area (Å²) in [7, 11) is 1.81. The Kier molecular flexibility index (Phi) is 3.43. The number of hydrogen-bond donors (Lipinski definition) is 1. The fourth-order valence-corrected chi connectivity index (χ4v) is 2.14. The molecule has 0 aromatic heterocycles. The van der Waals surface area contributed by atoms with Crippen LogP contribution in [0, 0.1) is 11.7 Å². The molecule has 0 saturated heterocycles. The first-order valence-electron chi connectivity index (χ1n) is 5.75. The van der Waals surface area contributed by atoms with Crippen molar-refractivity contribution in [3.8, 4) is 0 Å². The summed E-state index contributed by atoms with van der Waals surface area (Å²) in [5.74, 6) is -0.761. The second-order valence-electron chi connectivity index (χ2n) is 4.66. The van der Waals surface area contributed by atoms with E-state index in [1.165, 1.54) is 12.1 Å². The van der Waals surface area contributed by atoms with Gasteiger partial charge in [-0.15, -0.1) is 0 Å². The van der Waals surface area contributed by atoms with Crippen LogP contribution in [0.1, 0.15) is 18.4 Å². The number of hydrogen-bond acceptors (Lipinski definition) is 2. The number of halogens is 1. The molecule has 1 aliphatic rings. The average Bonchev–Trinajstić information content (AvgIpc) is 3.05. The van der Waals surface area contributed by atoms with Crippen molar-refractivity contribution >= 4 is 5.97 Å². The van der Waals surface area contributed by atoms with Gasteiger partial charge in [0.05, 0.1) is 0 Å². The maximum atomic E-state index is 12.7. The lowest BCUT2D eigenvalue weighted by Gasteiger charge is -2.24. The first-order valence-corrected chi connectivity index (χ1v) is 5.75.